The Balaban J connectivity index is 2.03. The summed E-state index contributed by atoms with van der Waals surface area (Å²) in [4.78, 5) is 0. The summed E-state index contributed by atoms with van der Waals surface area (Å²) in [5.74, 6) is 1.59. The van der Waals surface area contributed by atoms with Crippen LogP contribution in [0.1, 0.15) is 35.7 Å². The molecule has 0 aliphatic heterocycles. The number of rotatable bonds is 4. The van der Waals surface area contributed by atoms with Crippen molar-refractivity contribution in [3.63, 3.8) is 0 Å². The van der Waals surface area contributed by atoms with E-state index in [1.54, 1.807) is 19.1 Å². The molecule has 5 heteroatoms. The zero-order chi connectivity index (χ0) is 14.0. The molecule has 0 saturated carbocycles. The molecule has 0 bridgehead atoms. The van der Waals surface area contributed by atoms with Gasteiger partial charge >= 0.3 is 0 Å². The zero-order valence-corrected chi connectivity index (χ0v) is 11.7. The van der Waals surface area contributed by atoms with Crippen molar-refractivity contribution in [2.45, 2.75) is 33.4 Å². The van der Waals surface area contributed by atoms with Crippen molar-refractivity contribution < 1.29 is 4.39 Å². The van der Waals surface area contributed by atoms with Crippen LogP contribution in [0, 0.1) is 19.7 Å². The van der Waals surface area contributed by atoms with Gasteiger partial charge in [-0.25, -0.2) is 4.39 Å². The molecule has 0 aliphatic rings. The molecule has 0 saturated heterocycles. The van der Waals surface area contributed by atoms with Crippen LogP contribution in [0.2, 0.25) is 0 Å². The third-order valence-corrected chi connectivity index (χ3v) is 3.44. The summed E-state index contributed by atoms with van der Waals surface area (Å²) in [7, 11) is 1.93. The smallest absolute Gasteiger partial charge is 0.146 e. The molecule has 1 N–H and O–H groups in total. The second-order valence-electron chi connectivity index (χ2n) is 4.83. The largest absolute Gasteiger partial charge is 0.317 e. The van der Waals surface area contributed by atoms with Crippen molar-refractivity contribution in [1.82, 2.24) is 20.1 Å². The van der Waals surface area contributed by atoms with Gasteiger partial charge in [0, 0.05) is 13.1 Å². The van der Waals surface area contributed by atoms with Crippen molar-refractivity contribution in [2.75, 3.05) is 0 Å². The van der Waals surface area contributed by atoms with Crippen LogP contribution in [0.5, 0.6) is 0 Å². The molecule has 0 amide bonds. The molecule has 1 atom stereocenters. The van der Waals surface area contributed by atoms with Crippen molar-refractivity contribution in [3.05, 3.63) is 46.8 Å². The molecular formula is C14H19FN4. The highest BCUT2D eigenvalue weighted by Gasteiger charge is 2.10. The fraction of sp³-hybridized carbons (Fsp3) is 0.429. The number of halogens is 1. The lowest BCUT2D eigenvalue weighted by atomic mass is 10.1. The average Bonchev–Trinajstić information content (AvgIpc) is 2.70. The maximum Gasteiger partial charge on any atom is 0.146 e. The van der Waals surface area contributed by atoms with Gasteiger partial charge in [-0.05, 0) is 38.0 Å². The van der Waals surface area contributed by atoms with Gasteiger partial charge in [-0.15, -0.1) is 10.2 Å². The summed E-state index contributed by atoms with van der Waals surface area (Å²) in [5.41, 5.74) is 1.60. The minimum atomic E-state index is -0.166. The Morgan fingerprint density at radius 1 is 1.32 bits per heavy atom. The topological polar surface area (TPSA) is 42.7 Å². The Morgan fingerprint density at radius 3 is 2.63 bits per heavy atom. The first-order valence-corrected chi connectivity index (χ1v) is 6.33. The first-order chi connectivity index (χ1) is 8.99. The number of hydrogen-bond acceptors (Lipinski definition) is 3. The number of benzene rings is 1. The minimum Gasteiger partial charge on any atom is -0.317 e. The van der Waals surface area contributed by atoms with Gasteiger partial charge in [0.25, 0.3) is 0 Å². The van der Waals surface area contributed by atoms with Crippen LogP contribution in [0.25, 0.3) is 0 Å². The lowest BCUT2D eigenvalue weighted by Gasteiger charge is -2.14. The van der Waals surface area contributed by atoms with Gasteiger partial charge in [0.1, 0.15) is 17.5 Å². The summed E-state index contributed by atoms with van der Waals surface area (Å²) >= 11 is 0. The van der Waals surface area contributed by atoms with Crippen molar-refractivity contribution in [2.24, 2.45) is 7.05 Å². The maximum atomic E-state index is 13.5. The van der Waals surface area contributed by atoms with Crippen LogP contribution in [-0.4, -0.2) is 14.8 Å². The number of aryl methyl sites for hydroxylation is 2. The van der Waals surface area contributed by atoms with E-state index in [4.69, 9.17) is 0 Å². The Hall–Kier alpha value is -1.75. The number of aromatic nitrogens is 3. The van der Waals surface area contributed by atoms with Gasteiger partial charge in [-0.3, -0.25) is 0 Å². The third kappa shape index (κ3) is 2.98. The monoisotopic (exact) mass is 262 g/mol. The summed E-state index contributed by atoms with van der Waals surface area (Å²) in [5, 5.41) is 11.4. The predicted molar refractivity (Wildman–Crippen MR) is 72.1 cm³/mol. The molecule has 1 aromatic heterocycles. The molecule has 19 heavy (non-hydrogen) atoms. The van der Waals surface area contributed by atoms with E-state index in [0.717, 1.165) is 17.2 Å². The molecule has 102 valence electrons. The first-order valence-electron chi connectivity index (χ1n) is 6.33. The second-order valence-corrected chi connectivity index (χ2v) is 4.83. The lowest BCUT2D eigenvalue weighted by molar-refractivity contribution is 0.541. The zero-order valence-electron chi connectivity index (χ0n) is 11.7. The summed E-state index contributed by atoms with van der Waals surface area (Å²) < 4.78 is 15.5. The van der Waals surface area contributed by atoms with Gasteiger partial charge in [0.2, 0.25) is 0 Å². The molecule has 1 heterocycles. The van der Waals surface area contributed by atoms with Gasteiger partial charge in [-0.2, -0.15) is 0 Å². The predicted octanol–water partition coefficient (Wildman–Crippen LogP) is 2.42. The first kappa shape index (κ1) is 13.7. The molecule has 2 rings (SSSR count). The lowest BCUT2D eigenvalue weighted by Crippen LogP contribution is -2.20. The van der Waals surface area contributed by atoms with Crippen LogP contribution in [0.15, 0.2) is 18.2 Å². The van der Waals surface area contributed by atoms with Crippen LogP contribution in [0.3, 0.4) is 0 Å². The van der Waals surface area contributed by atoms with Gasteiger partial charge in [0.15, 0.2) is 0 Å². The van der Waals surface area contributed by atoms with E-state index in [0.29, 0.717) is 12.1 Å². The summed E-state index contributed by atoms with van der Waals surface area (Å²) in [6, 6.07) is 5.38. The van der Waals surface area contributed by atoms with Crippen LogP contribution < -0.4 is 5.32 Å². The number of nitrogens with zero attached hydrogens (tertiary/aromatic N) is 3. The molecule has 1 unspecified atom stereocenters. The second kappa shape index (κ2) is 5.48. The molecule has 0 aliphatic carbocycles. The fourth-order valence-corrected chi connectivity index (χ4v) is 1.85. The highest BCUT2D eigenvalue weighted by atomic mass is 19.1. The number of hydrogen-bond donors (Lipinski definition) is 1. The highest BCUT2D eigenvalue weighted by Crippen LogP contribution is 2.16. The van der Waals surface area contributed by atoms with Gasteiger partial charge in [0.05, 0.1) is 6.54 Å². The SMILES string of the molecule is Cc1ccc(C(C)NCc2nnc(C)n2C)cc1F. The molecule has 0 fully saturated rings. The fourth-order valence-electron chi connectivity index (χ4n) is 1.85. The molecule has 1 aromatic carbocycles. The summed E-state index contributed by atoms with van der Waals surface area (Å²) in [6.45, 7) is 6.29. The van der Waals surface area contributed by atoms with Crippen molar-refractivity contribution in [1.29, 1.82) is 0 Å². The van der Waals surface area contributed by atoms with Crippen LogP contribution in [0.4, 0.5) is 4.39 Å². The van der Waals surface area contributed by atoms with Crippen molar-refractivity contribution in [3.8, 4) is 0 Å². The summed E-state index contributed by atoms with van der Waals surface area (Å²) in [6.07, 6.45) is 0. The van der Waals surface area contributed by atoms with E-state index in [1.165, 1.54) is 0 Å². The Labute approximate surface area is 112 Å². The van der Waals surface area contributed by atoms with Crippen LogP contribution >= 0.6 is 0 Å². The highest BCUT2D eigenvalue weighted by molar-refractivity contribution is 5.25. The van der Waals surface area contributed by atoms with E-state index in [2.05, 4.69) is 15.5 Å². The van der Waals surface area contributed by atoms with E-state index in [1.807, 2.05) is 31.5 Å². The molecular weight excluding hydrogens is 243 g/mol. The molecule has 0 radical (unpaired) electrons. The standard InChI is InChI=1S/C14H19FN4/c1-9-5-6-12(7-13(9)15)10(2)16-8-14-18-17-11(3)19(14)4/h5-7,10,16H,8H2,1-4H3. The molecule has 0 spiro atoms. The van der Waals surface area contributed by atoms with E-state index >= 15 is 0 Å². The normalized spacial score (nSPS) is 12.7. The molecule has 2 aromatic rings. The Bertz CT molecular complexity index is 577. The van der Waals surface area contributed by atoms with E-state index in [9.17, 15) is 4.39 Å². The van der Waals surface area contributed by atoms with Crippen molar-refractivity contribution >= 4 is 0 Å². The average molecular weight is 262 g/mol. The maximum absolute atomic E-state index is 13.5. The molecule has 4 nitrogen and oxygen atoms in total. The third-order valence-electron chi connectivity index (χ3n) is 3.44. The minimum absolute atomic E-state index is 0.0621. The van der Waals surface area contributed by atoms with E-state index < -0.39 is 0 Å². The Morgan fingerprint density at radius 2 is 2.05 bits per heavy atom. The van der Waals surface area contributed by atoms with Gasteiger partial charge < -0.3 is 9.88 Å². The van der Waals surface area contributed by atoms with E-state index in [-0.39, 0.29) is 11.9 Å². The van der Waals surface area contributed by atoms with Crippen LogP contribution in [-0.2, 0) is 13.6 Å². The Kier molecular flexibility index (Phi) is 3.95. The quantitative estimate of drug-likeness (QED) is 0.920. The van der Waals surface area contributed by atoms with Gasteiger partial charge in [-0.1, -0.05) is 12.1 Å². The number of nitrogens with one attached hydrogen (secondary N) is 1.